The lowest BCUT2D eigenvalue weighted by atomic mass is 10.0. The number of aliphatic hydroxyl groups excluding tert-OH is 4. The van der Waals surface area contributed by atoms with E-state index in [4.69, 9.17) is 14.6 Å². The summed E-state index contributed by atoms with van der Waals surface area (Å²) in [6, 6.07) is 0. The van der Waals surface area contributed by atoms with Crippen LogP contribution in [0.5, 0.6) is 0 Å². The Morgan fingerprint density at radius 1 is 1.24 bits per heavy atom. The van der Waals surface area contributed by atoms with E-state index in [1.54, 1.807) is 13.8 Å². The first-order valence-corrected chi connectivity index (χ1v) is 5.66. The van der Waals surface area contributed by atoms with E-state index in [0.29, 0.717) is 6.54 Å². The first kappa shape index (κ1) is 14.8. The van der Waals surface area contributed by atoms with Gasteiger partial charge in [0.1, 0.15) is 24.5 Å². The number of ether oxygens (including phenoxy) is 2. The molecule has 0 aromatic carbocycles. The molecule has 7 nitrogen and oxygen atoms in total. The van der Waals surface area contributed by atoms with Gasteiger partial charge in [0.2, 0.25) is 0 Å². The van der Waals surface area contributed by atoms with E-state index in [1.165, 1.54) is 0 Å². The lowest BCUT2D eigenvalue weighted by Crippen LogP contribution is -2.57. The standard InChI is InChI=1S/C10H21NO6/c1-5-7(13)8(14)9(15)10(17-5)16-4-3-11-6(2)12/h5-15H,3-4H2,1-2H3/t5-,6?,7+,8+,9-,10+/m0/s1. The van der Waals surface area contributed by atoms with Gasteiger partial charge in [0.25, 0.3) is 0 Å². The Hall–Kier alpha value is -0.280. The Morgan fingerprint density at radius 2 is 1.88 bits per heavy atom. The SMILES string of the molecule is CC(O)NCCO[C@@H]1O[C@@H](C)[C@@H](O)[C@@H](O)[C@@H]1O. The van der Waals surface area contributed by atoms with Crippen molar-refractivity contribution >= 4 is 0 Å². The van der Waals surface area contributed by atoms with E-state index in [1.807, 2.05) is 0 Å². The molecule has 17 heavy (non-hydrogen) atoms. The number of aliphatic hydroxyl groups is 4. The molecule has 1 fully saturated rings. The molecule has 1 aliphatic rings. The third-order valence-corrected chi connectivity index (χ3v) is 2.63. The van der Waals surface area contributed by atoms with Gasteiger partial charge in [-0.2, -0.15) is 0 Å². The van der Waals surface area contributed by atoms with Crippen LogP contribution in [0.1, 0.15) is 13.8 Å². The quantitative estimate of drug-likeness (QED) is 0.277. The van der Waals surface area contributed by atoms with Gasteiger partial charge in [-0.3, -0.25) is 5.32 Å². The van der Waals surface area contributed by atoms with Crippen molar-refractivity contribution < 1.29 is 29.9 Å². The Kier molecular flexibility index (Phi) is 5.74. The van der Waals surface area contributed by atoms with Crippen LogP contribution in [0.15, 0.2) is 0 Å². The van der Waals surface area contributed by atoms with Gasteiger partial charge in [0.15, 0.2) is 6.29 Å². The van der Waals surface area contributed by atoms with E-state index >= 15 is 0 Å². The van der Waals surface area contributed by atoms with Crippen LogP contribution >= 0.6 is 0 Å². The van der Waals surface area contributed by atoms with Gasteiger partial charge >= 0.3 is 0 Å². The minimum absolute atomic E-state index is 0.210. The monoisotopic (exact) mass is 251 g/mol. The predicted molar refractivity (Wildman–Crippen MR) is 58.0 cm³/mol. The fourth-order valence-electron chi connectivity index (χ4n) is 1.59. The van der Waals surface area contributed by atoms with Crippen molar-refractivity contribution in [1.82, 2.24) is 5.32 Å². The third kappa shape index (κ3) is 4.14. The van der Waals surface area contributed by atoms with Gasteiger partial charge in [0.05, 0.1) is 12.7 Å². The van der Waals surface area contributed by atoms with Crippen LogP contribution in [-0.2, 0) is 9.47 Å². The van der Waals surface area contributed by atoms with E-state index in [0.717, 1.165) is 0 Å². The van der Waals surface area contributed by atoms with Crippen molar-refractivity contribution in [3.8, 4) is 0 Å². The van der Waals surface area contributed by atoms with Crippen molar-refractivity contribution in [2.75, 3.05) is 13.2 Å². The van der Waals surface area contributed by atoms with Crippen molar-refractivity contribution in [2.24, 2.45) is 0 Å². The molecule has 1 aliphatic heterocycles. The maximum Gasteiger partial charge on any atom is 0.186 e. The summed E-state index contributed by atoms with van der Waals surface area (Å²) in [5.74, 6) is 0. The molecule has 0 bridgehead atoms. The van der Waals surface area contributed by atoms with Crippen molar-refractivity contribution in [1.29, 1.82) is 0 Å². The lowest BCUT2D eigenvalue weighted by Gasteiger charge is -2.38. The van der Waals surface area contributed by atoms with Crippen LogP contribution in [-0.4, -0.2) is 70.5 Å². The minimum atomic E-state index is -1.28. The maximum absolute atomic E-state index is 9.60. The van der Waals surface area contributed by atoms with Gasteiger partial charge in [-0.15, -0.1) is 0 Å². The Labute approximate surface area is 100.0 Å². The minimum Gasteiger partial charge on any atom is -0.388 e. The molecular weight excluding hydrogens is 230 g/mol. The number of hydrogen-bond donors (Lipinski definition) is 5. The average Bonchev–Trinajstić information content (AvgIpc) is 2.27. The number of rotatable bonds is 5. The molecular formula is C10H21NO6. The normalized spacial score (nSPS) is 40.2. The second kappa shape index (κ2) is 6.60. The highest BCUT2D eigenvalue weighted by atomic mass is 16.7. The van der Waals surface area contributed by atoms with Crippen LogP contribution in [0.25, 0.3) is 0 Å². The Bertz CT molecular complexity index is 227. The molecule has 7 heteroatoms. The topological polar surface area (TPSA) is 111 Å². The molecule has 1 saturated heterocycles. The van der Waals surface area contributed by atoms with Gasteiger partial charge in [-0.1, -0.05) is 0 Å². The van der Waals surface area contributed by atoms with Crippen molar-refractivity contribution in [3.05, 3.63) is 0 Å². The Balaban J connectivity index is 2.33. The molecule has 1 unspecified atom stereocenters. The van der Waals surface area contributed by atoms with Gasteiger partial charge in [0, 0.05) is 6.54 Å². The largest absolute Gasteiger partial charge is 0.388 e. The molecule has 0 spiro atoms. The van der Waals surface area contributed by atoms with Crippen molar-refractivity contribution in [3.63, 3.8) is 0 Å². The smallest absolute Gasteiger partial charge is 0.186 e. The Morgan fingerprint density at radius 3 is 2.47 bits per heavy atom. The number of hydrogen-bond acceptors (Lipinski definition) is 7. The second-order valence-electron chi connectivity index (χ2n) is 4.18. The van der Waals surface area contributed by atoms with Crippen LogP contribution in [0.2, 0.25) is 0 Å². The van der Waals surface area contributed by atoms with Gasteiger partial charge in [-0.05, 0) is 13.8 Å². The fraction of sp³-hybridized carbons (Fsp3) is 1.00. The second-order valence-corrected chi connectivity index (χ2v) is 4.18. The zero-order chi connectivity index (χ0) is 13.0. The molecule has 0 aromatic rings. The fourth-order valence-corrected chi connectivity index (χ4v) is 1.59. The molecule has 5 N–H and O–H groups in total. The summed E-state index contributed by atoms with van der Waals surface area (Å²) in [6.07, 6.45) is -5.91. The summed E-state index contributed by atoms with van der Waals surface area (Å²) in [7, 11) is 0. The molecule has 102 valence electrons. The average molecular weight is 251 g/mol. The van der Waals surface area contributed by atoms with Crippen LogP contribution in [0.3, 0.4) is 0 Å². The molecule has 1 heterocycles. The van der Waals surface area contributed by atoms with Crippen LogP contribution < -0.4 is 5.32 Å². The number of nitrogens with one attached hydrogen (secondary N) is 1. The highest BCUT2D eigenvalue weighted by molar-refractivity contribution is 4.87. The highest BCUT2D eigenvalue weighted by Gasteiger charge is 2.42. The molecule has 6 atom stereocenters. The predicted octanol–water partition coefficient (Wildman–Crippen LogP) is -2.24. The molecule has 0 radical (unpaired) electrons. The van der Waals surface area contributed by atoms with Crippen LogP contribution in [0.4, 0.5) is 0 Å². The third-order valence-electron chi connectivity index (χ3n) is 2.63. The zero-order valence-electron chi connectivity index (χ0n) is 9.98. The molecule has 1 rings (SSSR count). The van der Waals surface area contributed by atoms with E-state index in [-0.39, 0.29) is 6.61 Å². The van der Waals surface area contributed by atoms with E-state index < -0.39 is 36.9 Å². The maximum atomic E-state index is 9.60. The summed E-state index contributed by atoms with van der Waals surface area (Å²) in [5, 5.41) is 40.2. The highest BCUT2D eigenvalue weighted by Crippen LogP contribution is 2.21. The first-order valence-electron chi connectivity index (χ1n) is 5.66. The van der Waals surface area contributed by atoms with Gasteiger partial charge in [-0.25, -0.2) is 0 Å². The summed E-state index contributed by atoms with van der Waals surface area (Å²) in [5.41, 5.74) is 0. The molecule has 0 aromatic heterocycles. The first-order chi connectivity index (χ1) is 7.93. The zero-order valence-corrected chi connectivity index (χ0v) is 9.98. The molecule has 0 amide bonds. The van der Waals surface area contributed by atoms with Crippen LogP contribution in [0, 0.1) is 0 Å². The summed E-state index contributed by atoms with van der Waals surface area (Å²) in [6.45, 7) is 3.76. The summed E-state index contributed by atoms with van der Waals surface area (Å²) < 4.78 is 10.4. The summed E-state index contributed by atoms with van der Waals surface area (Å²) in [4.78, 5) is 0. The molecule has 0 aliphatic carbocycles. The molecule has 0 saturated carbocycles. The van der Waals surface area contributed by atoms with Crippen molar-refractivity contribution in [2.45, 2.75) is 50.8 Å². The van der Waals surface area contributed by atoms with E-state index in [2.05, 4.69) is 5.32 Å². The summed E-state index contributed by atoms with van der Waals surface area (Å²) >= 11 is 0. The lowest BCUT2D eigenvalue weighted by molar-refractivity contribution is -0.292. The van der Waals surface area contributed by atoms with Gasteiger partial charge < -0.3 is 29.9 Å². The van der Waals surface area contributed by atoms with E-state index in [9.17, 15) is 15.3 Å².